The molecule has 0 saturated carbocycles. The van der Waals surface area contributed by atoms with Crippen molar-refractivity contribution in [2.75, 3.05) is 37.8 Å². The number of carbonyl (C=O) groups is 1. The van der Waals surface area contributed by atoms with E-state index in [2.05, 4.69) is 20.6 Å². The summed E-state index contributed by atoms with van der Waals surface area (Å²) in [4.78, 5) is 22.2. The van der Waals surface area contributed by atoms with E-state index < -0.39 is 5.82 Å². The fraction of sp³-hybridized carbons (Fsp3) is 0.267. The van der Waals surface area contributed by atoms with E-state index in [4.69, 9.17) is 0 Å². The molecule has 2 N–H and O–H groups in total. The second-order valence-corrected chi connectivity index (χ2v) is 4.99. The molecule has 1 aromatic carbocycles. The van der Waals surface area contributed by atoms with E-state index >= 15 is 0 Å². The summed E-state index contributed by atoms with van der Waals surface area (Å²) in [5.74, 6) is -0.330. The number of nitrogens with one attached hydrogen (secondary N) is 2. The summed E-state index contributed by atoms with van der Waals surface area (Å²) < 4.78 is 13.1. The number of amides is 1. The molecule has 22 heavy (non-hydrogen) atoms. The van der Waals surface area contributed by atoms with Gasteiger partial charge >= 0.3 is 0 Å². The van der Waals surface area contributed by atoms with Gasteiger partial charge in [0.15, 0.2) is 0 Å². The van der Waals surface area contributed by atoms with E-state index in [0.29, 0.717) is 23.7 Å². The topological polar surface area (TPSA) is 70.2 Å². The van der Waals surface area contributed by atoms with Crippen LogP contribution in [0, 0.1) is 5.82 Å². The smallest absolute Gasteiger partial charge is 0.258 e. The van der Waals surface area contributed by atoms with Gasteiger partial charge in [-0.1, -0.05) is 6.07 Å². The van der Waals surface area contributed by atoms with Gasteiger partial charge in [-0.15, -0.1) is 0 Å². The van der Waals surface area contributed by atoms with Crippen molar-refractivity contribution in [3.8, 4) is 0 Å². The zero-order chi connectivity index (χ0) is 15.9. The van der Waals surface area contributed by atoms with Crippen LogP contribution in [-0.2, 0) is 0 Å². The van der Waals surface area contributed by atoms with Crippen LogP contribution in [0.1, 0.15) is 10.4 Å². The van der Waals surface area contributed by atoms with Crippen molar-refractivity contribution in [3.05, 3.63) is 48.0 Å². The highest BCUT2D eigenvalue weighted by Gasteiger charge is 2.08. The highest BCUT2D eigenvalue weighted by Crippen LogP contribution is 2.11. The maximum Gasteiger partial charge on any atom is 0.258 e. The van der Waals surface area contributed by atoms with Gasteiger partial charge in [-0.2, -0.15) is 0 Å². The molecule has 0 radical (unpaired) electrons. The molecule has 0 atom stereocenters. The standard InChI is InChI=1S/C15H18FN5O/c1-21(2)7-6-17-15-18-9-11(10-19-15)14(22)20-13-5-3-4-12(16)8-13/h3-5,8-10H,6-7H2,1-2H3,(H,20,22)(H,17,18,19). The molecule has 0 unspecified atom stereocenters. The third-order valence-corrected chi connectivity index (χ3v) is 2.84. The van der Waals surface area contributed by atoms with Gasteiger partial charge in [0, 0.05) is 31.2 Å². The van der Waals surface area contributed by atoms with Crippen molar-refractivity contribution in [1.82, 2.24) is 14.9 Å². The van der Waals surface area contributed by atoms with Gasteiger partial charge in [-0.05, 0) is 32.3 Å². The minimum absolute atomic E-state index is 0.308. The molecule has 1 amide bonds. The summed E-state index contributed by atoms with van der Waals surface area (Å²) in [6.45, 7) is 1.56. The zero-order valence-electron chi connectivity index (χ0n) is 12.5. The lowest BCUT2D eigenvalue weighted by Crippen LogP contribution is -2.21. The average Bonchev–Trinajstić information content (AvgIpc) is 2.47. The molecule has 0 spiro atoms. The van der Waals surface area contributed by atoms with Crippen LogP contribution in [0.15, 0.2) is 36.7 Å². The number of carbonyl (C=O) groups excluding carboxylic acids is 1. The number of hydrogen-bond donors (Lipinski definition) is 2. The largest absolute Gasteiger partial charge is 0.353 e. The fourth-order valence-corrected chi connectivity index (χ4v) is 1.70. The summed E-state index contributed by atoms with van der Waals surface area (Å²) in [5.41, 5.74) is 0.695. The number of nitrogens with zero attached hydrogens (tertiary/aromatic N) is 3. The van der Waals surface area contributed by atoms with Crippen LogP contribution in [-0.4, -0.2) is 48.0 Å². The minimum atomic E-state index is -0.408. The van der Waals surface area contributed by atoms with Crippen LogP contribution in [0.2, 0.25) is 0 Å². The Bertz CT molecular complexity index is 630. The lowest BCUT2D eigenvalue weighted by Gasteiger charge is -2.10. The van der Waals surface area contributed by atoms with Gasteiger partial charge in [0.25, 0.3) is 5.91 Å². The number of hydrogen-bond acceptors (Lipinski definition) is 5. The molecule has 0 aliphatic rings. The SMILES string of the molecule is CN(C)CCNc1ncc(C(=O)Nc2cccc(F)c2)cn1. The Labute approximate surface area is 128 Å². The molecule has 1 heterocycles. The van der Waals surface area contributed by atoms with Crippen molar-refractivity contribution >= 4 is 17.5 Å². The summed E-state index contributed by atoms with van der Waals surface area (Å²) in [6.07, 6.45) is 2.86. The number of aromatic nitrogens is 2. The van der Waals surface area contributed by atoms with Crippen LogP contribution < -0.4 is 10.6 Å². The van der Waals surface area contributed by atoms with Crippen LogP contribution >= 0.6 is 0 Å². The predicted octanol–water partition coefficient (Wildman–Crippen LogP) is 1.84. The van der Waals surface area contributed by atoms with E-state index in [1.807, 2.05) is 19.0 Å². The Kier molecular flexibility index (Phi) is 5.37. The quantitative estimate of drug-likeness (QED) is 0.852. The van der Waals surface area contributed by atoms with Crippen LogP contribution in [0.4, 0.5) is 16.0 Å². The second kappa shape index (κ2) is 7.46. The van der Waals surface area contributed by atoms with Crippen molar-refractivity contribution in [2.24, 2.45) is 0 Å². The average molecular weight is 303 g/mol. The van der Waals surface area contributed by atoms with Gasteiger partial charge in [-0.3, -0.25) is 4.79 Å². The van der Waals surface area contributed by atoms with E-state index in [-0.39, 0.29) is 5.91 Å². The van der Waals surface area contributed by atoms with E-state index in [0.717, 1.165) is 6.54 Å². The number of anilines is 2. The first kappa shape index (κ1) is 15.8. The van der Waals surface area contributed by atoms with Crippen LogP contribution in [0.3, 0.4) is 0 Å². The Morgan fingerprint density at radius 2 is 2.00 bits per heavy atom. The summed E-state index contributed by atoms with van der Waals surface area (Å²) in [7, 11) is 3.95. The van der Waals surface area contributed by atoms with Gasteiger partial charge < -0.3 is 15.5 Å². The maximum absolute atomic E-state index is 13.1. The molecule has 0 fully saturated rings. The van der Waals surface area contributed by atoms with Crippen molar-refractivity contribution in [3.63, 3.8) is 0 Å². The molecule has 1 aromatic heterocycles. The Morgan fingerprint density at radius 1 is 1.27 bits per heavy atom. The third-order valence-electron chi connectivity index (χ3n) is 2.84. The number of likely N-dealkylation sites (N-methyl/N-ethyl adjacent to an activating group) is 1. The first-order valence-corrected chi connectivity index (χ1v) is 6.82. The Morgan fingerprint density at radius 3 is 2.64 bits per heavy atom. The summed E-state index contributed by atoms with van der Waals surface area (Å²) in [6, 6.07) is 5.70. The molecule has 7 heteroatoms. The van der Waals surface area contributed by atoms with Crippen LogP contribution in [0.25, 0.3) is 0 Å². The summed E-state index contributed by atoms with van der Waals surface area (Å²) in [5, 5.41) is 5.64. The fourth-order valence-electron chi connectivity index (χ4n) is 1.70. The van der Waals surface area contributed by atoms with E-state index in [9.17, 15) is 9.18 Å². The molecule has 2 aromatic rings. The van der Waals surface area contributed by atoms with Crippen molar-refractivity contribution in [1.29, 1.82) is 0 Å². The number of rotatable bonds is 6. The molecular weight excluding hydrogens is 285 g/mol. The Hall–Kier alpha value is -2.54. The third kappa shape index (κ3) is 4.78. The highest BCUT2D eigenvalue weighted by atomic mass is 19.1. The molecule has 0 aliphatic carbocycles. The normalized spacial score (nSPS) is 10.5. The van der Waals surface area contributed by atoms with Gasteiger partial charge in [0.2, 0.25) is 5.95 Å². The predicted molar refractivity (Wildman–Crippen MR) is 83.4 cm³/mol. The number of halogens is 1. The Balaban J connectivity index is 1.93. The van der Waals surface area contributed by atoms with Gasteiger partial charge in [0.1, 0.15) is 5.82 Å². The lowest BCUT2D eigenvalue weighted by atomic mass is 10.2. The molecule has 2 rings (SSSR count). The zero-order valence-corrected chi connectivity index (χ0v) is 12.5. The molecule has 6 nitrogen and oxygen atoms in total. The van der Waals surface area contributed by atoms with Crippen molar-refractivity contribution < 1.29 is 9.18 Å². The molecule has 0 aliphatic heterocycles. The van der Waals surface area contributed by atoms with Gasteiger partial charge in [0.05, 0.1) is 5.56 Å². The molecule has 0 bridgehead atoms. The molecule has 0 saturated heterocycles. The molecule has 116 valence electrons. The van der Waals surface area contributed by atoms with E-state index in [1.165, 1.54) is 30.6 Å². The van der Waals surface area contributed by atoms with Crippen LogP contribution in [0.5, 0.6) is 0 Å². The first-order valence-electron chi connectivity index (χ1n) is 6.82. The maximum atomic E-state index is 13.1. The number of benzene rings is 1. The molecular formula is C15H18FN5O. The van der Waals surface area contributed by atoms with Gasteiger partial charge in [-0.25, -0.2) is 14.4 Å². The van der Waals surface area contributed by atoms with Crippen molar-refractivity contribution in [2.45, 2.75) is 0 Å². The second-order valence-electron chi connectivity index (χ2n) is 4.99. The minimum Gasteiger partial charge on any atom is -0.353 e. The monoisotopic (exact) mass is 303 g/mol. The lowest BCUT2D eigenvalue weighted by molar-refractivity contribution is 0.102. The summed E-state index contributed by atoms with van der Waals surface area (Å²) >= 11 is 0. The first-order chi connectivity index (χ1) is 10.5. The highest BCUT2D eigenvalue weighted by molar-refractivity contribution is 6.03. The van der Waals surface area contributed by atoms with E-state index in [1.54, 1.807) is 6.07 Å².